The summed E-state index contributed by atoms with van der Waals surface area (Å²) in [7, 11) is 3.20. The number of methoxy groups -OCH3 is 2. The lowest BCUT2D eigenvalue weighted by atomic mass is 10.0. The number of aromatic nitrogens is 2. The van der Waals surface area contributed by atoms with E-state index in [0.29, 0.717) is 11.5 Å². The van der Waals surface area contributed by atoms with Crippen LogP contribution < -0.4 is 15.2 Å². The second-order valence-electron chi connectivity index (χ2n) is 3.86. The van der Waals surface area contributed by atoms with Crippen LogP contribution in [0, 0.1) is 0 Å². The topological polar surface area (TPSA) is 70.3 Å². The predicted molar refractivity (Wildman–Crippen MR) is 75.3 cm³/mol. The molecule has 1 heterocycles. The van der Waals surface area contributed by atoms with Crippen LogP contribution in [0.2, 0.25) is 0 Å². The monoisotopic (exact) mass is 323 g/mol. The Morgan fingerprint density at radius 3 is 2.53 bits per heavy atom. The highest BCUT2D eigenvalue weighted by Gasteiger charge is 2.19. The molecule has 2 rings (SSSR count). The Morgan fingerprint density at radius 2 is 1.95 bits per heavy atom. The summed E-state index contributed by atoms with van der Waals surface area (Å²) >= 11 is 3.46. The van der Waals surface area contributed by atoms with Gasteiger partial charge in [0.15, 0.2) is 0 Å². The van der Waals surface area contributed by atoms with Crippen LogP contribution >= 0.6 is 15.9 Å². The zero-order valence-corrected chi connectivity index (χ0v) is 12.2. The summed E-state index contributed by atoms with van der Waals surface area (Å²) in [6.07, 6.45) is 3.25. The summed E-state index contributed by atoms with van der Waals surface area (Å²) in [6, 6.07) is 5.21. The molecule has 0 aliphatic rings. The van der Waals surface area contributed by atoms with Crippen LogP contribution in [0.5, 0.6) is 11.5 Å². The number of halogens is 1. The molecule has 0 fully saturated rings. The van der Waals surface area contributed by atoms with Crippen molar-refractivity contribution in [1.82, 2.24) is 10.2 Å². The van der Waals surface area contributed by atoms with Gasteiger partial charge in [0.25, 0.3) is 0 Å². The first-order valence-electron chi connectivity index (χ1n) is 5.61. The molecule has 1 aromatic carbocycles. The van der Waals surface area contributed by atoms with Gasteiger partial charge in [-0.15, -0.1) is 0 Å². The second kappa shape index (κ2) is 5.99. The molecule has 1 atom stereocenters. The Kier molecular flexibility index (Phi) is 4.34. The summed E-state index contributed by atoms with van der Waals surface area (Å²) in [4.78, 5) is 0. The van der Waals surface area contributed by atoms with Crippen LogP contribution in [-0.2, 0) is 0 Å². The molecule has 0 aliphatic heterocycles. The third-order valence-electron chi connectivity index (χ3n) is 2.82. The maximum absolute atomic E-state index is 6.24. The average Bonchev–Trinajstić information content (AvgIpc) is 2.47. The molecular weight excluding hydrogens is 310 g/mol. The summed E-state index contributed by atoms with van der Waals surface area (Å²) in [5, 5.41) is 7.58. The lowest BCUT2D eigenvalue weighted by Gasteiger charge is -2.18. The Morgan fingerprint density at radius 1 is 1.16 bits per heavy atom. The van der Waals surface area contributed by atoms with E-state index in [9.17, 15) is 0 Å². The average molecular weight is 324 g/mol. The van der Waals surface area contributed by atoms with E-state index >= 15 is 0 Å². The van der Waals surface area contributed by atoms with Crippen molar-refractivity contribution in [1.29, 1.82) is 0 Å². The molecule has 5 nitrogen and oxygen atoms in total. The molecule has 100 valence electrons. The van der Waals surface area contributed by atoms with Crippen LogP contribution in [-0.4, -0.2) is 24.4 Å². The molecule has 0 aliphatic carbocycles. The molecule has 0 radical (unpaired) electrons. The lowest BCUT2D eigenvalue weighted by molar-refractivity contribution is 0.385. The third-order valence-corrected chi connectivity index (χ3v) is 3.57. The zero-order valence-electron chi connectivity index (χ0n) is 10.6. The van der Waals surface area contributed by atoms with Gasteiger partial charge >= 0.3 is 0 Å². The Hall–Kier alpha value is -1.66. The van der Waals surface area contributed by atoms with Crippen LogP contribution in [0.1, 0.15) is 17.2 Å². The van der Waals surface area contributed by atoms with E-state index in [0.717, 1.165) is 15.6 Å². The molecule has 0 bridgehead atoms. The largest absolute Gasteiger partial charge is 0.495 e. The molecule has 6 heteroatoms. The number of hydrogen-bond donors (Lipinski definition) is 1. The molecule has 0 spiro atoms. The van der Waals surface area contributed by atoms with Gasteiger partial charge in [-0.25, -0.2) is 0 Å². The molecule has 0 amide bonds. The summed E-state index contributed by atoms with van der Waals surface area (Å²) < 4.78 is 11.4. The highest BCUT2D eigenvalue weighted by molar-refractivity contribution is 9.10. The fourth-order valence-electron chi connectivity index (χ4n) is 1.83. The minimum atomic E-state index is -0.340. The van der Waals surface area contributed by atoms with Gasteiger partial charge in [0.2, 0.25) is 0 Å². The summed E-state index contributed by atoms with van der Waals surface area (Å²) in [5.74, 6) is 1.35. The normalized spacial score (nSPS) is 12.0. The summed E-state index contributed by atoms with van der Waals surface area (Å²) in [5.41, 5.74) is 7.96. The van der Waals surface area contributed by atoms with E-state index in [2.05, 4.69) is 26.1 Å². The highest BCUT2D eigenvalue weighted by atomic mass is 79.9. The number of nitrogens with two attached hydrogens (primary N) is 1. The van der Waals surface area contributed by atoms with Gasteiger partial charge in [0, 0.05) is 11.8 Å². The van der Waals surface area contributed by atoms with Crippen molar-refractivity contribution in [2.75, 3.05) is 14.2 Å². The van der Waals surface area contributed by atoms with Crippen LogP contribution in [0.3, 0.4) is 0 Å². The first-order chi connectivity index (χ1) is 9.19. The Labute approximate surface area is 119 Å². The lowest BCUT2D eigenvalue weighted by Crippen LogP contribution is -2.14. The van der Waals surface area contributed by atoms with Gasteiger partial charge in [-0.2, -0.15) is 10.2 Å². The van der Waals surface area contributed by atoms with Gasteiger partial charge in [0.1, 0.15) is 16.0 Å². The van der Waals surface area contributed by atoms with Gasteiger partial charge in [-0.05, 0) is 39.7 Å². The number of benzene rings is 1. The van der Waals surface area contributed by atoms with Gasteiger partial charge in [-0.1, -0.05) is 0 Å². The van der Waals surface area contributed by atoms with Crippen molar-refractivity contribution >= 4 is 15.9 Å². The van der Waals surface area contributed by atoms with Crippen molar-refractivity contribution in [2.45, 2.75) is 6.04 Å². The number of rotatable bonds is 4. The fourth-order valence-corrected chi connectivity index (χ4v) is 2.51. The molecule has 1 unspecified atom stereocenters. The molecule has 0 saturated carbocycles. The van der Waals surface area contributed by atoms with E-state index in [4.69, 9.17) is 15.2 Å². The van der Waals surface area contributed by atoms with Gasteiger partial charge < -0.3 is 15.2 Å². The molecule has 2 aromatic rings. The smallest absolute Gasteiger partial charge is 0.141 e. The molecular formula is C13H14BrN3O2. The zero-order chi connectivity index (χ0) is 13.8. The Balaban J connectivity index is 2.48. The number of ether oxygens (including phenoxy) is 2. The van der Waals surface area contributed by atoms with E-state index in [1.165, 1.54) is 0 Å². The maximum Gasteiger partial charge on any atom is 0.141 e. The fraction of sp³-hybridized carbons (Fsp3) is 0.231. The number of nitrogens with zero attached hydrogens (tertiary/aromatic N) is 2. The summed E-state index contributed by atoms with van der Waals surface area (Å²) in [6.45, 7) is 0. The molecule has 1 aromatic heterocycles. The molecule has 19 heavy (non-hydrogen) atoms. The van der Waals surface area contributed by atoms with Crippen molar-refractivity contribution in [2.24, 2.45) is 5.73 Å². The first kappa shape index (κ1) is 13.8. The quantitative estimate of drug-likeness (QED) is 0.934. The standard InChI is InChI=1S/C13H14BrN3O2/c1-18-10-4-3-9(13(19-2)11(10)14)12(15)8-5-6-16-17-7-8/h3-7,12H,15H2,1-2H3. The second-order valence-corrected chi connectivity index (χ2v) is 4.65. The van der Waals surface area contributed by atoms with Crippen LogP contribution in [0.15, 0.2) is 35.1 Å². The third kappa shape index (κ3) is 2.69. The van der Waals surface area contributed by atoms with E-state index in [-0.39, 0.29) is 6.04 Å². The van der Waals surface area contributed by atoms with E-state index in [1.807, 2.05) is 18.2 Å². The van der Waals surface area contributed by atoms with Crippen molar-refractivity contribution < 1.29 is 9.47 Å². The van der Waals surface area contributed by atoms with Crippen molar-refractivity contribution in [3.8, 4) is 11.5 Å². The number of hydrogen-bond acceptors (Lipinski definition) is 5. The predicted octanol–water partition coefficient (Wildman–Crippen LogP) is 2.30. The van der Waals surface area contributed by atoms with Crippen LogP contribution in [0.25, 0.3) is 0 Å². The minimum Gasteiger partial charge on any atom is -0.495 e. The Bertz CT molecular complexity index is 563. The SMILES string of the molecule is COc1ccc(C(N)c2ccnnc2)c(OC)c1Br. The minimum absolute atomic E-state index is 0.340. The molecule has 0 saturated heterocycles. The van der Waals surface area contributed by atoms with Crippen molar-refractivity contribution in [3.05, 3.63) is 46.2 Å². The first-order valence-corrected chi connectivity index (χ1v) is 6.41. The molecule has 2 N–H and O–H groups in total. The maximum atomic E-state index is 6.24. The van der Waals surface area contributed by atoms with E-state index < -0.39 is 0 Å². The van der Waals surface area contributed by atoms with Gasteiger partial charge in [0.05, 0.1) is 26.5 Å². The van der Waals surface area contributed by atoms with Gasteiger partial charge in [-0.3, -0.25) is 0 Å². The van der Waals surface area contributed by atoms with Crippen LogP contribution in [0.4, 0.5) is 0 Å². The van der Waals surface area contributed by atoms with Crippen molar-refractivity contribution in [3.63, 3.8) is 0 Å². The van der Waals surface area contributed by atoms with E-state index in [1.54, 1.807) is 26.6 Å². The highest BCUT2D eigenvalue weighted by Crippen LogP contribution is 2.40.